The van der Waals surface area contributed by atoms with Crippen molar-refractivity contribution in [2.45, 2.75) is 24.7 Å². The van der Waals surface area contributed by atoms with E-state index in [0.717, 1.165) is 0 Å². The maximum Gasteiger partial charge on any atom is 0.545 e. The average Bonchev–Trinajstić information content (AvgIpc) is 2.37. The minimum absolute atomic E-state index is 2.15. The van der Waals surface area contributed by atoms with Gasteiger partial charge in [-0.2, -0.15) is 21.6 Å². The Balaban J connectivity index is 4.34. The fourth-order valence-electron chi connectivity index (χ4n) is 0.500. The van der Waals surface area contributed by atoms with Crippen LogP contribution in [0.5, 0.6) is 0 Å². The van der Waals surface area contributed by atoms with E-state index in [-0.39, 0.29) is 0 Å². The van der Waals surface area contributed by atoms with Gasteiger partial charge in [0.15, 0.2) is 13.2 Å². The van der Waals surface area contributed by atoms with Gasteiger partial charge in [-0.05, 0) is 0 Å². The Labute approximate surface area is 121 Å². The van der Waals surface area contributed by atoms with Crippen LogP contribution in [0.1, 0.15) is 0 Å². The van der Waals surface area contributed by atoms with Crippen LogP contribution in [0.2, 0.25) is 0 Å². The van der Waals surface area contributed by atoms with E-state index in [9.17, 15) is 39.7 Å². The zero-order chi connectivity index (χ0) is 17.6. The molecule has 0 heterocycles. The highest BCUT2D eigenvalue weighted by molar-refractivity contribution is 7.49. The largest absolute Gasteiger partial charge is 0.545 e. The monoisotopic (exact) mass is 392 g/mol. The van der Waals surface area contributed by atoms with E-state index < -0.39 is 45.7 Å². The van der Waals surface area contributed by atoms with Crippen molar-refractivity contribution in [2.24, 2.45) is 0 Å². The summed E-state index contributed by atoms with van der Waals surface area (Å²) in [5, 5.41) is 0. The van der Waals surface area contributed by atoms with Crippen molar-refractivity contribution >= 4 is 19.7 Å². The molecule has 0 spiro atoms. The third-order valence-corrected chi connectivity index (χ3v) is 2.77. The summed E-state index contributed by atoms with van der Waals surface area (Å²) in [4.78, 5) is 6.81. The molecule has 0 unspecified atom stereocenters. The Bertz CT molecular complexity index is 354. The standard InChI is InChI=1S/C6H6ClF8O6P/c7-19-22(16,20-17-1-5(12,13)3(8)9)21-18-2-6(14,15)4(10)11/h3-4H,1-2H2. The van der Waals surface area contributed by atoms with Crippen molar-refractivity contribution in [2.75, 3.05) is 13.2 Å². The van der Waals surface area contributed by atoms with Crippen molar-refractivity contribution in [3.8, 4) is 0 Å². The van der Waals surface area contributed by atoms with Gasteiger partial charge in [0, 0.05) is 0 Å². The first-order chi connectivity index (χ1) is 9.86. The fourth-order valence-corrected chi connectivity index (χ4v) is 1.07. The molecule has 0 aromatic carbocycles. The van der Waals surface area contributed by atoms with Gasteiger partial charge in [0.2, 0.25) is 0 Å². The third-order valence-electron chi connectivity index (χ3n) is 1.51. The quantitative estimate of drug-likeness (QED) is 0.229. The molecule has 0 rings (SSSR count). The van der Waals surface area contributed by atoms with E-state index in [4.69, 9.17) is 0 Å². The Morgan fingerprint density at radius 3 is 1.41 bits per heavy atom. The minimum atomic E-state index is -5.27. The van der Waals surface area contributed by atoms with Gasteiger partial charge in [0.25, 0.3) is 0 Å². The highest BCUT2D eigenvalue weighted by Gasteiger charge is 2.45. The molecule has 0 aromatic rings. The summed E-state index contributed by atoms with van der Waals surface area (Å²) in [7, 11) is -5.27. The molecular formula is C6H6ClF8O6P. The lowest BCUT2D eigenvalue weighted by molar-refractivity contribution is -0.320. The van der Waals surface area contributed by atoms with E-state index in [0.29, 0.717) is 0 Å². The number of rotatable bonds is 11. The summed E-state index contributed by atoms with van der Waals surface area (Å²) >= 11 is 4.49. The summed E-state index contributed by atoms with van der Waals surface area (Å²) in [5.74, 6) is -9.44. The molecule has 0 amide bonds. The van der Waals surface area contributed by atoms with E-state index in [2.05, 4.69) is 35.1 Å². The molecule has 0 fully saturated rings. The highest BCUT2D eigenvalue weighted by atomic mass is 35.5. The van der Waals surface area contributed by atoms with Gasteiger partial charge < -0.3 is 0 Å². The van der Waals surface area contributed by atoms with Gasteiger partial charge in [-0.1, -0.05) is 0 Å². The Morgan fingerprint density at radius 2 is 1.18 bits per heavy atom. The van der Waals surface area contributed by atoms with Crippen molar-refractivity contribution < 1.29 is 62.9 Å². The van der Waals surface area contributed by atoms with Crippen molar-refractivity contribution in [1.82, 2.24) is 0 Å². The van der Waals surface area contributed by atoms with Crippen LogP contribution in [0.4, 0.5) is 35.1 Å². The molecule has 16 heteroatoms. The molecule has 0 bridgehead atoms. The van der Waals surface area contributed by atoms with E-state index in [1.165, 1.54) is 0 Å². The third kappa shape index (κ3) is 7.35. The second-order valence-electron chi connectivity index (χ2n) is 3.31. The molecule has 0 aliphatic heterocycles. The zero-order valence-corrected chi connectivity index (χ0v) is 11.5. The Hall–Kier alpha value is -0.240. The predicted molar refractivity (Wildman–Crippen MR) is 50.5 cm³/mol. The lowest BCUT2D eigenvalue weighted by Gasteiger charge is -2.17. The van der Waals surface area contributed by atoms with Crippen LogP contribution in [-0.4, -0.2) is 37.9 Å². The first-order valence-electron chi connectivity index (χ1n) is 4.71. The Morgan fingerprint density at radius 1 is 0.864 bits per heavy atom. The molecular weight excluding hydrogens is 386 g/mol. The molecule has 0 N–H and O–H groups in total. The molecule has 6 nitrogen and oxygen atoms in total. The minimum Gasteiger partial charge on any atom is -0.221 e. The van der Waals surface area contributed by atoms with Gasteiger partial charge in [-0.3, -0.25) is 0 Å². The van der Waals surface area contributed by atoms with Crippen LogP contribution >= 0.6 is 19.7 Å². The van der Waals surface area contributed by atoms with Crippen LogP contribution in [0.15, 0.2) is 0 Å². The molecule has 0 saturated carbocycles. The van der Waals surface area contributed by atoms with Crippen LogP contribution in [-0.2, 0) is 27.8 Å². The smallest absolute Gasteiger partial charge is 0.221 e. The molecule has 0 aromatic heterocycles. The maximum absolute atomic E-state index is 12.3. The summed E-state index contributed by atoms with van der Waals surface area (Å²) < 4.78 is 118. The molecule has 134 valence electrons. The molecule has 22 heavy (non-hydrogen) atoms. The molecule has 0 aliphatic rings. The van der Waals surface area contributed by atoms with Crippen LogP contribution in [0, 0.1) is 0 Å². The Kier molecular flexibility index (Phi) is 8.47. The summed E-state index contributed by atoms with van der Waals surface area (Å²) in [6, 6.07) is 0. The van der Waals surface area contributed by atoms with Crippen LogP contribution in [0.25, 0.3) is 0 Å². The molecule has 0 saturated heterocycles. The van der Waals surface area contributed by atoms with Gasteiger partial charge in [-0.25, -0.2) is 31.9 Å². The van der Waals surface area contributed by atoms with Crippen LogP contribution in [0.3, 0.4) is 0 Å². The summed E-state index contributed by atoms with van der Waals surface area (Å²) in [6.07, 6.45) is -8.34. The first-order valence-corrected chi connectivity index (χ1v) is 6.48. The van der Waals surface area contributed by atoms with Gasteiger partial charge in [-0.15, -0.1) is 9.35 Å². The topological polar surface area (TPSA) is 63.2 Å². The fraction of sp³-hybridized carbons (Fsp3) is 1.00. The molecule has 0 atom stereocenters. The first kappa shape index (κ1) is 21.8. The lowest BCUT2D eigenvalue weighted by Crippen LogP contribution is -2.32. The van der Waals surface area contributed by atoms with E-state index in [1.807, 2.05) is 0 Å². The average molecular weight is 393 g/mol. The number of hydrogen-bond acceptors (Lipinski definition) is 6. The number of halogens is 9. The number of alkyl halides is 8. The zero-order valence-electron chi connectivity index (χ0n) is 9.87. The van der Waals surface area contributed by atoms with Crippen molar-refractivity contribution in [3.05, 3.63) is 0 Å². The predicted octanol–water partition coefficient (Wildman–Crippen LogP) is 3.96. The second kappa shape index (κ2) is 8.57. The molecule has 0 aliphatic carbocycles. The van der Waals surface area contributed by atoms with Crippen LogP contribution < -0.4 is 0 Å². The SMILES string of the molecule is O=P(OCl)(OOCC(F)(F)C(F)F)OOCC(F)(F)C(F)F. The molecule has 0 radical (unpaired) electrons. The lowest BCUT2D eigenvalue weighted by atomic mass is 10.4. The maximum atomic E-state index is 12.3. The second-order valence-corrected chi connectivity index (χ2v) is 5.06. The van der Waals surface area contributed by atoms with Crippen molar-refractivity contribution in [3.63, 3.8) is 0 Å². The highest BCUT2D eigenvalue weighted by Crippen LogP contribution is 2.51. The normalized spacial score (nSPS) is 14.1. The number of hydrogen-bond donors (Lipinski definition) is 0. The van der Waals surface area contributed by atoms with Gasteiger partial charge >= 0.3 is 32.5 Å². The van der Waals surface area contributed by atoms with Gasteiger partial charge in [0.1, 0.15) is 0 Å². The summed E-state index contributed by atoms with van der Waals surface area (Å²) in [6.45, 7) is -4.29. The number of phosphoric acid groups is 1. The van der Waals surface area contributed by atoms with E-state index in [1.54, 1.807) is 0 Å². The summed E-state index contributed by atoms with van der Waals surface area (Å²) in [5.41, 5.74) is 0. The van der Waals surface area contributed by atoms with E-state index >= 15 is 0 Å². The van der Waals surface area contributed by atoms with Crippen molar-refractivity contribution in [1.29, 1.82) is 0 Å². The van der Waals surface area contributed by atoms with Gasteiger partial charge in [0.05, 0.1) is 11.9 Å².